The minimum atomic E-state index is -0.357. The fourth-order valence-electron chi connectivity index (χ4n) is 1.64. The van der Waals surface area contributed by atoms with E-state index in [4.69, 9.17) is 4.52 Å². The molecule has 0 saturated carbocycles. The third-order valence-corrected chi connectivity index (χ3v) is 2.71. The van der Waals surface area contributed by atoms with E-state index in [9.17, 15) is 9.59 Å². The standard InChI is InChI=1S/C14H15N3O3/c1-9-7-12(20-17-9)14(19)16-11-5-3-10(4-6-11)8-13(18)15-2/h3-7H,8H2,1-2H3,(H,15,18)(H,16,19). The van der Waals surface area contributed by atoms with Crippen molar-refractivity contribution in [3.8, 4) is 0 Å². The second-order valence-electron chi connectivity index (χ2n) is 4.33. The highest BCUT2D eigenvalue weighted by Gasteiger charge is 2.11. The van der Waals surface area contributed by atoms with Gasteiger partial charge < -0.3 is 15.2 Å². The van der Waals surface area contributed by atoms with Crippen molar-refractivity contribution < 1.29 is 14.1 Å². The summed E-state index contributed by atoms with van der Waals surface area (Å²) in [6.45, 7) is 1.74. The molecule has 1 heterocycles. The van der Waals surface area contributed by atoms with Gasteiger partial charge >= 0.3 is 0 Å². The molecule has 1 aromatic heterocycles. The summed E-state index contributed by atoms with van der Waals surface area (Å²) in [5, 5.41) is 8.90. The number of aromatic nitrogens is 1. The first-order valence-corrected chi connectivity index (χ1v) is 6.12. The van der Waals surface area contributed by atoms with Crippen LogP contribution < -0.4 is 10.6 Å². The molecule has 1 aromatic carbocycles. The lowest BCUT2D eigenvalue weighted by atomic mass is 10.1. The van der Waals surface area contributed by atoms with Gasteiger partial charge in [-0.1, -0.05) is 17.3 Å². The first-order chi connectivity index (χ1) is 9.58. The topological polar surface area (TPSA) is 84.2 Å². The van der Waals surface area contributed by atoms with Crippen molar-refractivity contribution in [3.63, 3.8) is 0 Å². The molecule has 2 aromatic rings. The van der Waals surface area contributed by atoms with Gasteiger partial charge in [-0.2, -0.15) is 0 Å². The molecule has 2 N–H and O–H groups in total. The zero-order valence-electron chi connectivity index (χ0n) is 11.3. The van der Waals surface area contributed by atoms with Gasteiger partial charge in [-0.25, -0.2) is 0 Å². The van der Waals surface area contributed by atoms with E-state index in [-0.39, 0.29) is 17.6 Å². The van der Waals surface area contributed by atoms with Crippen molar-refractivity contribution in [1.29, 1.82) is 0 Å². The molecule has 0 spiro atoms. The predicted octanol–water partition coefficient (Wildman–Crippen LogP) is 1.52. The first-order valence-electron chi connectivity index (χ1n) is 6.12. The Balaban J connectivity index is 2.00. The Morgan fingerprint density at radius 3 is 2.50 bits per heavy atom. The Labute approximate surface area is 116 Å². The molecular weight excluding hydrogens is 258 g/mol. The van der Waals surface area contributed by atoms with Crippen LogP contribution in [0.4, 0.5) is 5.69 Å². The average molecular weight is 273 g/mol. The fraction of sp³-hybridized carbons (Fsp3) is 0.214. The summed E-state index contributed by atoms with van der Waals surface area (Å²) in [7, 11) is 1.59. The molecule has 0 atom stereocenters. The smallest absolute Gasteiger partial charge is 0.294 e. The molecule has 2 rings (SSSR count). The van der Waals surface area contributed by atoms with Crippen molar-refractivity contribution in [2.24, 2.45) is 0 Å². The zero-order valence-corrected chi connectivity index (χ0v) is 11.3. The van der Waals surface area contributed by atoms with E-state index in [2.05, 4.69) is 15.8 Å². The second kappa shape index (κ2) is 6.01. The van der Waals surface area contributed by atoms with E-state index in [0.29, 0.717) is 17.8 Å². The van der Waals surface area contributed by atoms with Crippen LogP contribution in [0.5, 0.6) is 0 Å². The summed E-state index contributed by atoms with van der Waals surface area (Å²) < 4.78 is 4.87. The molecule has 2 amide bonds. The van der Waals surface area contributed by atoms with Gasteiger partial charge in [0.05, 0.1) is 12.1 Å². The van der Waals surface area contributed by atoms with E-state index in [1.54, 1.807) is 44.3 Å². The highest BCUT2D eigenvalue weighted by Crippen LogP contribution is 2.12. The first kappa shape index (κ1) is 13.8. The number of amides is 2. The molecule has 20 heavy (non-hydrogen) atoms. The van der Waals surface area contributed by atoms with E-state index in [1.165, 1.54) is 0 Å². The largest absolute Gasteiger partial charge is 0.359 e. The summed E-state index contributed by atoms with van der Waals surface area (Å²) in [6.07, 6.45) is 0.312. The van der Waals surface area contributed by atoms with Gasteiger partial charge in [0.15, 0.2) is 0 Å². The van der Waals surface area contributed by atoms with E-state index in [1.807, 2.05) is 0 Å². The summed E-state index contributed by atoms with van der Waals surface area (Å²) in [6, 6.07) is 8.61. The number of carbonyl (C=O) groups is 2. The van der Waals surface area contributed by atoms with Crippen LogP contribution in [0.2, 0.25) is 0 Å². The molecular formula is C14H15N3O3. The summed E-state index contributed by atoms with van der Waals surface area (Å²) in [5.74, 6) is -0.250. The molecule has 0 fully saturated rings. The minimum Gasteiger partial charge on any atom is -0.359 e. The second-order valence-corrected chi connectivity index (χ2v) is 4.33. The van der Waals surface area contributed by atoms with Crippen LogP contribution in [-0.2, 0) is 11.2 Å². The molecule has 0 radical (unpaired) electrons. The molecule has 6 nitrogen and oxygen atoms in total. The van der Waals surface area contributed by atoms with Gasteiger partial charge in [0.2, 0.25) is 11.7 Å². The SMILES string of the molecule is CNC(=O)Cc1ccc(NC(=O)c2cc(C)no2)cc1. The maximum absolute atomic E-state index is 11.8. The molecule has 6 heteroatoms. The minimum absolute atomic E-state index is 0.0566. The number of hydrogen-bond acceptors (Lipinski definition) is 4. The monoisotopic (exact) mass is 273 g/mol. The van der Waals surface area contributed by atoms with Gasteiger partial charge in [-0.15, -0.1) is 0 Å². The highest BCUT2D eigenvalue weighted by molar-refractivity contribution is 6.02. The lowest BCUT2D eigenvalue weighted by molar-refractivity contribution is -0.119. The number of benzene rings is 1. The molecule has 0 bridgehead atoms. The molecule has 104 valence electrons. The van der Waals surface area contributed by atoms with Crippen molar-refractivity contribution in [3.05, 3.63) is 47.3 Å². The third-order valence-electron chi connectivity index (χ3n) is 2.71. The van der Waals surface area contributed by atoms with Crippen LogP contribution in [0.1, 0.15) is 21.8 Å². The number of carbonyl (C=O) groups excluding carboxylic acids is 2. The zero-order chi connectivity index (χ0) is 14.5. The number of nitrogens with one attached hydrogen (secondary N) is 2. The molecule has 0 aliphatic heterocycles. The van der Waals surface area contributed by atoms with Crippen LogP contribution in [0.25, 0.3) is 0 Å². The van der Waals surface area contributed by atoms with Crippen molar-refractivity contribution in [2.45, 2.75) is 13.3 Å². The fourth-order valence-corrected chi connectivity index (χ4v) is 1.64. The Hall–Kier alpha value is -2.63. The summed E-state index contributed by atoms with van der Waals surface area (Å²) in [4.78, 5) is 23.1. The molecule has 0 unspecified atom stereocenters. The van der Waals surface area contributed by atoms with Gasteiger partial charge in [-0.3, -0.25) is 9.59 Å². The lowest BCUT2D eigenvalue weighted by Gasteiger charge is -2.04. The number of anilines is 1. The van der Waals surface area contributed by atoms with Crippen LogP contribution in [-0.4, -0.2) is 24.0 Å². The quantitative estimate of drug-likeness (QED) is 0.884. The van der Waals surface area contributed by atoms with Gasteiger partial charge in [0.25, 0.3) is 5.91 Å². The van der Waals surface area contributed by atoms with Crippen molar-refractivity contribution in [1.82, 2.24) is 10.5 Å². The Morgan fingerprint density at radius 2 is 1.95 bits per heavy atom. The lowest BCUT2D eigenvalue weighted by Crippen LogP contribution is -2.19. The van der Waals surface area contributed by atoms with Crippen LogP contribution in [0, 0.1) is 6.92 Å². The molecule has 0 aliphatic rings. The maximum Gasteiger partial charge on any atom is 0.294 e. The summed E-state index contributed by atoms with van der Waals surface area (Å²) in [5.41, 5.74) is 2.15. The number of likely N-dealkylation sites (N-methyl/N-ethyl adjacent to an activating group) is 1. The molecule has 0 saturated heterocycles. The van der Waals surface area contributed by atoms with Gasteiger partial charge in [0.1, 0.15) is 0 Å². The number of nitrogens with zero attached hydrogens (tertiary/aromatic N) is 1. The Morgan fingerprint density at radius 1 is 1.25 bits per heavy atom. The maximum atomic E-state index is 11.8. The van der Waals surface area contributed by atoms with E-state index >= 15 is 0 Å². The van der Waals surface area contributed by atoms with Crippen molar-refractivity contribution >= 4 is 17.5 Å². The van der Waals surface area contributed by atoms with E-state index in [0.717, 1.165) is 5.56 Å². The highest BCUT2D eigenvalue weighted by atomic mass is 16.5. The van der Waals surface area contributed by atoms with E-state index < -0.39 is 0 Å². The predicted molar refractivity (Wildman–Crippen MR) is 73.4 cm³/mol. The third kappa shape index (κ3) is 3.44. The molecule has 0 aliphatic carbocycles. The van der Waals surface area contributed by atoms with Crippen molar-refractivity contribution in [2.75, 3.05) is 12.4 Å². The Bertz CT molecular complexity index is 617. The van der Waals surface area contributed by atoms with Crippen LogP contribution in [0.15, 0.2) is 34.9 Å². The number of rotatable bonds is 4. The summed E-state index contributed by atoms with van der Waals surface area (Å²) >= 11 is 0. The van der Waals surface area contributed by atoms with Gasteiger partial charge in [-0.05, 0) is 24.6 Å². The van der Waals surface area contributed by atoms with Gasteiger partial charge in [0, 0.05) is 18.8 Å². The average Bonchev–Trinajstić information content (AvgIpc) is 2.87. The van der Waals surface area contributed by atoms with Crippen LogP contribution in [0.3, 0.4) is 0 Å². The number of hydrogen-bond donors (Lipinski definition) is 2. The Kier molecular flexibility index (Phi) is 4.14. The normalized spacial score (nSPS) is 10.1. The number of aryl methyl sites for hydroxylation is 1. The van der Waals surface area contributed by atoms with Crippen LogP contribution >= 0.6 is 0 Å².